The maximum absolute atomic E-state index is 13.4. The number of benzene rings is 1. The largest absolute Gasteiger partial charge is 0.479 e. The second-order valence-corrected chi connectivity index (χ2v) is 4.83. The van der Waals surface area contributed by atoms with Gasteiger partial charge in [-0.15, -0.1) is 0 Å². The molecule has 1 rings (SSSR count). The van der Waals surface area contributed by atoms with Gasteiger partial charge in [-0.3, -0.25) is 4.79 Å². The first-order valence-electron chi connectivity index (χ1n) is 6.50. The zero-order valence-electron chi connectivity index (χ0n) is 11.6. The van der Waals surface area contributed by atoms with Crippen molar-refractivity contribution in [2.45, 2.75) is 25.8 Å². The summed E-state index contributed by atoms with van der Waals surface area (Å²) < 4.78 is 18.5. The third-order valence-corrected chi connectivity index (χ3v) is 3.01. The lowest BCUT2D eigenvalue weighted by atomic mass is 10.1. The summed E-state index contributed by atoms with van der Waals surface area (Å²) in [4.78, 5) is 22.8. The van der Waals surface area contributed by atoms with E-state index in [1.807, 2.05) is 6.92 Å². The van der Waals surface area contributed by atoms with E-state index in [1.54, 1.807) is 0 Å². The average Bonchev–Trinajstić information content (AvgIpc) is 2.44. The summed E-state index contributed by atoms with van der Waals surface area (Å²) in [7, 11) is 0. The van der Waals surface area contributed by atoms with Gasteiger partial charge in [0.2, 0.25) is 5.91 Å². The standard InChI is InChI=1S/C14H17ClFNO4/c1-2-3-6-21-8-12(18)17-13(14(19)20)9-4-5-10(15)11(16)7-9/h4-5,7,13H,2-3,6,8H2,1H3,(H,17,18)(H,19,20). The molecule has 2 N–H and O–H groups in total. The van der Waals surface area contributed by atoms with Crippen LogP contribution in [-0.2, 0) is 14.3 Å². The molecule has 1 atom stereocenters. The molecule has 0 radical (unpaired) electrons. The van der Waals surface area contributed by atoms with Crippen LogP contribution in [0.5, 0.6) is 0 Å². The fourth-order valence-electron chi connectivity index (χ4n) is 1.59. The van der Waals surface area contributed by atoms with Crippen LogP contribution < -0.4 is 5.32 Å². The summed E-state index contributed by atoms with van der Waals surface area (Å²) in [5.41, 5.74) is 0.103. The SMILES string of the molecule is CCCCOCC(=O)NC(C(=O)O)c1ccc(Cl)c(F)c1. The van der Waals surface area contributed by atoms with E-state index in [4.69, 9.17) is 21.4 Å². The molecule has 1 unspecified atom stereocenters. The van der Waals surface area contributed by atoms with Gasteiger partial charge in [0, 0.05) is 6.61 Å². The monoisotopic (exact) mass is 317 g/mol. The summed E-state index contributed by atoms with van der Waals surface area (Å²) in [6, 6.07) is 2.23. The number of carboxylic acid groups (broad SMARTS) is 1. The quantitative estimate of drug-likeness (QED) is 0.722. The molecule has 0 aliphatic heterocycles. The van der Waals surface area contributed by atoms with Gasteiger partial charge in [-0.2, -0.15) is 0 Å². The Hall–Kier alpha value is -1.66. The molecular formula is C14H17ClFNO4. The first-order chi connectivity index (χ1) is 9.95. The Kier molecular flexibility index (Phi) is 7.11. The van der Waals surface area contributed by atoms with Crippen molar-refractivity contribution in [3.63, 3.8) is 0 Å². The second-order valence-electron chi connectivity index (χ2n) is 4.42. The van der Waals surface area contributed by atoms with Gasteiger partial charge >= 0.3 is 5.97 Å². The smallest absolute Gasteiger partial charge is 0.330 e. The summed E-state index contributed by atoms with van der Waals surface area (Å²) >= 11 is 5.54. The minimum Gasteiger partial charge on any atom is -0.479 e. The molecule has 1 aromatic carbocycles. The third kappa shape index (κ3) is 5.69. The van der Waals surface area contributed by atoms with E-state index in [0.29, 0.717) is 6.61 Å². The van der Waals surface area contributed by atoms with Crippen molar-refractivity contribution in [1.29, 1.82) is 0 Å². The van der Waals surface area contributed by atoms with Gasteiger partial charge in [0.15, 0.2) is 6.04 Å². The zero-order valence-corrected chi connectivity index (χ0v) is 12.3. The number of hydrogen-bond acceptors (Lipinski definition) is 3. The molecule has 116 valence electrons. The minimum absolute atomic E-state index is 0.103. The van der Waals surface area contributed by atoms with E-state index in [2.05, 4.69) is 5.32 Å². The van der Waals surface area contributed by atoms with Crippen LogP contribution in [0.4, 0.5) is 4.39 Å². The molecule has 1 amide bonds. The van der Waals surface area contributed by atoms with Crippen molar-refractivity contribution in [1.82, 2.24) is 5.32 Å². The van der Waals surface area contributed by atoms with Crippen molar-refractivity contribution in [3.8, 4) is 0 Å². The first-order valence-corrected chi connectivity index (χ1v) is 6.88. The van der Waals surface area contributed by atoms with Crippen LogP contribution in [0.15, 0.2) is 18.2 Å². The maximum atomic E-state index is 13.4. The van der Waals surface area contributed by atoms with Crippen LogP contribution in [0.3, 0.4) is 0 Å². The Labute approximate surface area is 127 Å². The Bertz CT molecular complexity index is 510. The fraction of sp³-hybridized carbons (Fsp3) is 0.429. The topological polar surface area (TPSA) is 75.6 Å². The lowest BCUT2D eigenvalue weighted by Crippen LogP contribution is -2.36. The van der Waals surface area contributed by atoms with Crippen LogP contribution in [0.25, 0.3) is 0 Å². The Morgan fingerprint density at radius 1 is 1.48 bits per heavy atom. The Balaban J connectivity index is 2.67. The number of halogens is 2. The Morgan fingerprint density at radius 2 is 2.19 bits per heavy atom. The van der Waals surface area contributed by atoms with Crippen LogP contribution in [-0.4, -0.2) is 30.2 Å². The van der Waals surface area contributed by atoms with Gasteiger partial charge in [0.1, 0.15) is 12.4 Å². The minimum atomic E-state index is -1.35. The molecular weight excluding hydrogens is 301 g/mol. The van der Waals surface area contributed by atoms with E-state index < -0.39 is 23.7 Å². The van der Waals surface area contributed by atoms with Crippen LogP contribution in [0, 0.1) is 5.82 Å². The molecule has 0 spiro atoms. The number of aliphatic carboxylic acids is 1. The van der Waals surface area contributed by atoms with E-state index in [1.165, 1.54) is 12.1 Å². The van der Waals surface area contributed by atoms with Crippen LogP contribution >= 0.6 is 11.6 Å². The number of unbranched alkanes of at least 4 members (excludes halogenated alkanes) is 1. The summed E-state index contributed by atoms with van der Waals surface area (Å²) in [6.07, 6.45) is 1.75. The molecule has 5 nitrogen and oxygen atoms in total. The van der Waals surface area contributed by atoms with E-state index in [0.717, 1.165) is 18.9 Å². The van der Waals surface area contributed by atoms with Crippen molar-refractivity contribution >= 4 is 23.5 Å². The first kappa shape index (κ1) is 17.4. The predicted molar refractivity (Wildman–Crippen MR) is 75.7 cm³/mol. The molecule has 0 aliphatic carbocycles. The molecule has 0 bridgehead atoms. The molecule has 0 heterocycles. The zero-order chi connectivity index (χ0) is 15.8. The highest BCUT2D eigenvalue weighted by molar-refractivity contribution is 6.30. The lowest BCUT2D eigenvalue weighted by molar-refractivity contribution is -0.142. The molecule has 0 saturated heterocycles. The number of carbonyl (C=O) groups is 2. The number of carboxylic acids is 1. The molecule has 7 heteroatoms. The van der Waals surface area contributed by atoms with Gasteiger partial charge in [-0.1, -0.05) is 31.0 Å². The fourth-order valence-corrected chi connectivity index (χ4v) is 1.71. The van der Waals surface area contributed by atoms with Gasteiger partial charge in [-0.05, 0) is 24.1 Å². The van der Waals surface area contributed by atoms with Crippen molar-refractivity contribution in [3.05, 3.63) is 34.6 Å². The second kappa shape index (κ2) is 8.59. The maximum Gasteiger partial charge on any atom is 0.330 e. The van der Waals surface area contributed by atoms with Crippen molar-refractivity contribution < 1.29 is 23.8 Å². The lowest BCUT2D eigenvalue weighted by Gasteiger charge is -2.15. The number of ether oxygens (including phenoxy) is 1. The van der Waals surface area contributed by atoms with E-state index in [-0.39, 0.29) is 17.2 Å². The normalized spacial score (nSPS) is 12.0. The highest BCUT2D eigenvalue weighted by Gasteiger charge is 2.23. The molecule has 21 heavy (non-hydrogen) atoms. The van der Waals surface area contributed by atoms with Crippen molar-refractivity contribution in [2.24, 2.45) is 0 Å². The number of carbonyl (C=O) groups excluding carboxylic acids is 1. The molecule has 0 aliphatic rings. The van der Waals surface area contributed by atoms with Gasteiger partial charge in [-0.25, -0.2) is 9.18 Å². The molecule has 1 aromatic rings. The number of amides is 1. The highest BCUT2D eigenvalue weighted by atomic mass is 35.5. The van der Waals surface area contributed by atoms with Crippen LogP contribution in [0.2, 0.25) is 5.02 Å². The van der Waals surface area contributed by atoms with Gasteiger partial charge in [0.05, 0.1) is 5.02 Å². The summed E-state index contributed by atoms with van der Waals surface area (Å²) in [5, 5.41) is 11.3. The van der Waals surface area contributed by atoms with Gasteiger partial charge < -0.3 is 15.2 Å². The summed E-state index contributed by atoms with van der Waals surface area (Å²) in [6.45, 7) is 2.18. The molecule has 0 fully saturated rings. The van der Waals surface area contributed by atoms with Gasteiger partial charge in [0.25, 0.3) is 0 Å². The molecule has 0 aromatic heterocycles. The number of nitrogens with one attached hydrogen (secondary N) is 1. The van der Waals surface area contributed by atoms with E-state index >= 15 is 0 Å². The predicted octanol–water partition coefficient (Wildman–Crippen LogP) is 2.54. The third-order valence-electron chi connectivity index (χ3n) is 2.70. The van der Waals surface area contributed by atoms with Crippen LogP contribution in [0.1, 0.15) is 31.4 Å². The summed E-state index contributed by atoms with van der Waals surface area (Å²) in [5.74, 6) is -2.61. The highest BCUT2D eigenvalue weighted by Crippen LogP contribution is 2.20. The van der Waals surface area contributed by atoms with E-state index in [9.17, 15) is 14.0 Å². The molecule has 0 saturated carbocycles. The average molecular weight is 318 g/mol. The van der Waals surface area contributed by atoms with Crippen molar-refractivity contribution in [2.75, 3.05) is 13.2 Å². The number of rotatable bonds is 8. The number of hydrogen-bond donors (Lipinski definition) is 2. The Morgan fingerprint density at radius 3 is 2.76 bits per heavy atom.